The van der Waals surface area contributed by atoms with Gasteiger partial charge in [-0.05, 0) is 41.6 Å². The van der Waals surface area contributed by atoms with Crippen molar-refractivity contribution >= 4 is 16.5 Å². The highest BCUT2D eigenvalue weighted by Gasteiger charge is 2.15. The maximum atomic E-state index is 11.8. The largest absolute Gasteiger partial charge is 0.497 e. The topological polar surface area (TPSA) is 74.2 Å². The van der Waals surface area contributed by atoms with Crippen LogP contribution in [0.4, 0.5) is 0 Å². The van der Waals surface area contributed by atoms with Gasteiger partial charge in [-0.25, -0.2) is 0 Å². The van der Waals surface area contributed by atoms with Gasteiger partial charge in [0.25, 0.3) is 0 Å². The van der Waals surface area contributed by atoms with E-state index in [1.54, 1.807) is 24.3 Å². The quantitative estimate of drug-likeness (QED) is 0.465. The van der Waals surface area contributed by atoms with Crippen LogP contribution in [-0.2, 0) is 14.4 Å². The van der Waals surface area contributed by atoms with Crippen molar-refractivity contribution in [3.63, 3.8) is 0 Å². The Morgan fingerprint density at radius 3 is 2.24 bits per heavy atom. The van der Waals surface area contributed by atoms with Crippen molar-refractivity contribution in [2.24, 2.45) is 5.16 Å². The second kappa shape index (κ2) is 6.76. The number of oxime groups is 1. The summed E-state index contributed by atoms with van der Waals surface area (Å²) in [5.41, 5.74) is 0. The van der Waals surface area contributed by atoms with Gasteiger partial charge in [0.2, 0.25) is 6.40 Å². The third-order valence-corrected chi connectivity index (χ3v) is 3.60. The lowest BCUT2D eigenvalue weighted by Crippen LogP contribution is -2.03. The molecule has 21 heavy (non-hydrogen) atoms. The van der Waals surface area contributed by atoms with E-state index in [0.717, 1.165) is 6.40 Å². The number of nitrogens with zero attached hydrogens (tertiary/aromatic N) is 1. The van der Waals surface area contributed by atoms with Gasteiger partial charge < -0.3 is 9.47 Å². The molecule has 0 aromatic heterocycles. The molecule has 0 N–H and O–H groups in total. The molecule has 2 rings (SSSR count). The van der Waals surface area contributed by atoms with Crippen molar-refractivity contribution < 1.29 is 22.2 Å². The Hall–Kier alpha value is -2.54. The summed E-state index contributed by atoms with van der Waals surface area (Å²) in [5.74, 6) is 1.07. The highest BCUT2D eigenvalue weighted by molar-refractivity contribution is 7.86. The second-order valence-electron chi connectivity index (χ2n) is 3.85. The minimum Gasteiger partial charge on any atom is -0.497 e. The molecule has 7 heteroatoms. The molecular formula is C14H13NO5S. The molecule has 6 nitrogen and oxygen atoms in total. The summed E-state index contributed by atoms with van der Waals surface area (Å²) in [6.45, 7) is 0. The summed E-state index contributed by atoms with van der Waals surface area (Å²) < 4.78 is 38.1. The van der Waals surface area contributed by atoms with Gasteiger partial charge in [0, 0.05) is 0 Å². The average Bonchev–Trinajstić information content (AvgIpc) is 2.53. The lowest BCUT2D eigenvalue weighted by atomic mass is 10.3. The van der Waals surface area contributed by atoms with E-state index in [9.17, 15) is 8.42 Å². The smallest absolute Gasteiger partial charge is 0.358 e. The fraction of sp³-hybridized carbons (Fsp3) is 0.0714. The lowest BCUT2D eigenvalue weighted by molar-refractivity contribution is 0.330. The molecule has 0 heterocycles. The fourth-order valence-corrected chi connectivity index (χ4v) is 2.15. The van der Waals surface area contributed by atoms with E-state index in [1.165, 1.54) is 31.4 Å². The zero-order chi connectivity index (χ0) is 15.1. The molecule has 0 bridgehead atoms. The van der Waals surface area contributed by atoms with Crippen LogP contribution < -0.4 is 9.47 Å². The molecule has 0 radical (unpaired) electrons. The van der Waals surface area contributed by atoms with Gasteiger partial charge in [0.05, 0.1) is 7.11 Å². The maximum Gasteiger partial charge on any atom is 0.358 e. The number of para-hydroxylation sites is 1. The molecule has 0 aliphatic carbocycles. The van der Waals surface area contributed by atoms with Gasteiger partial charge >= 0.3 is 10.1 Å². The number of ether oxygens (including phenoxy) is 2. The van der Waals surface area contributed by atoms with Crippen LogP contribution in [0.3, 0.4) is 0 Å². The molecular weight excluding hydrogens is 294 g/mol. The number of methoxy groups -OCH3 is 1. The van der Waals surface area contributed by atoms with Crippen molar-refractivity contribution in [3.8, 4) is 11.5 Å². The standard InChI is InChI=1S/C14H13NO5S/c1-18-12-7-9-14(10-8-12)21(16,17)20-15-11-19-13-5-3-2-4-6-13/h2-11H,1H3. The van der Waals surface area contributed by atoms with E-state index >= 15 is 0 Å². The van der Waals surface area contributed by atoms with Gasteiger partial charge in [0.1, 0.15) is 16.4 Å². The molecule has 0 saturated heterocycles. The van der Waals surface area contributed by atoms with Crippen LogP contribution in [0.2, 0.25) is 0 Å². The number of rotatable bonds is 6. The molecule has 0 fully saturated rings. The van der Waals surface area contributed by atoms with E-state index in [1.807, 2.05) is 6.07 Å². The molecule has 0 saturated carbocycles. The Kier molecular flexibility index (Phi) is 4.78. The zero-order valence-corrected chi connectivity index (χ0v) is 12.0. The molecule has 0 amide bonds. The van der Waals surface area contributed by atoms with E-state index in [0.29, 0.717) is 11.5 Å². The van der Waals surface area contributed by atoms with E-state index in [4.69, 9.17) is 9.47 Å². The van der Waals surface area contributed by atoms with Crippen molar-refractivity contribution in [1.82, 2.24) is 0 Å². The number of hydrogen-bond acceptors (Lipinski definition) is 6. The molecule has 0 unspecified atom stereocenters. The van der Waals surface area contributed by atoms with Crippen LogP contribution in [0.1, 0.15) is 0 Å². The Morgan fingerprint density at radius 2 is 1.62 bits per heavy atom. The second-order valence-corrected chi connectivity index (χ2v) is 5.37. The summed E-state index contributed by atoms with van der Waals surface area (Å²) in [6, 6.07) is 14.5. The van der Waals surface area contributed by atoms with Crippen LogP contribution in [0.5, 0.6) is 11.5 Å². The fourth-order valence-electron chi connectivity index (χ4n) is 1.44. The Labute approximate surface area is 122 Å². The molecule has 2 aromatic rings. The SMILES string of the molecule is COc1ccc(S(=O)(=O)ON=COc2ccccc2)cc1. The monoisotopic (exact) mass is 307 g/mol. The summed E-state index contributed by atoms with van der Waals surface area (Å²) >= 11 is 0. The first kappa shape index (κ1) is 14.9. The summed E-state index contributed by atoms with van der Waals surface area (Å²) in [4.78, 5) is -0.0276. The van der Waals surface area contributed by atoms with Gasteiger partial charge in [-0.2, -0.15) is 8.42 Å². The van der Waals surface area contributed by atoms with Crippen molar-refractivity contribution in [2.75, 3.05) is 7.11 Å². The minimum absolute atomic E-state index is 0.0276. The molecule has 0 spiro atoms. The first-order valence-corrected chi connectivity index (χ1v) is 7.34. The van der Waals surface area contributed by atoms with Gasteiger partial charge in [-0.3, -0.25) is 4.28 Å². The first-order valence-electron chi connectivity index (χ1n) is 5.93. The van der Waals surface area contributed by atoms with Crippen LogP contribution in [0.15, 0.2) is 64.6 Å². The predicted molar refractivity (Wildman–Crippen MR) is 76.8 cm³/mol. The number of benzene rings is 2. The van der Waals surface area contributed by atoms with E-state index < -0.39 is 10.1 Å². The molecule has 0 atom stereocenters. The number of hydrogen-bond donors (Lipinski definition) is 0. The summed E-state index contributed by atoms with van der Waals surface area (Å²) in [6.07, 6.45) is 0.913. The highest BCUT2D eigenvalue weighted by atomic mass is 32.2. The van der Waals surface area contributed by atoms with E-state index in [-0.39, 0.29) is 4.90 Å². The third-order valence-electron chi connectivity index (χ3n) is 2.46. The molecule has 2 aromatic carbocycles. The van der Waals surface area contributed by atoms with Crippen LogP contribution >= 0.6 is 0 Å². The van der Waals surface area contributed by atoms with E-state index in [2.05, 4.69) is 9.44 Å². The molecule has 0 aliphatic rings. The zero-order valence-electron chi connectivity index (χ0n) is 11.2. The van der Waals surface area contributed by atoms with Crippen molar-refractivity contribution in [2.45, 2.75) is 4.90 Å². The van der Waals surface area contributed by atoms with Crippen LogP contribution in [-0.4, -0.2) is 21.9 Å². The maximum absolute atomic E-state index is 11.8. The minimum atomic E-state index is -3.97. The third kappa shape index (κ3) is 4.22. The average molecular weight is 307 g/mol. The van der Waals surface area contributed by atoms with Crippen LogP contribution in [0.25, 0.3) is 0 Å². The van der Waals surface area contributed by atoms with Gasteiger partial charge in [-0.15, -0.1) is 0 Å². The first-order chi connectivity index (χ1) is 10.1. The summed E-state index contributed by atoms with van der Waals surface area (Å²) in [5, 5.41) is 3.29. The Bertz CT molecular complexity index is 696. The lowest BCUT2D eigenvalue weighted by Gasteiger charge is -2.03. The van der Waals surface area contributed by atoms with Gasteiger partial charge in [0.15, 0.2) is 0 Å². The van der Waals surface area contributed by atoms with Crippen LogP contribution in [0, 0.1) is 0 Å². The molecule has 0 aliphatic heterocycles. The summed E-state index contributed by atoms with van der Waals surface area (Å²) in [7, 11) is -2.48. The predicted octanol–water partition coefficient (Wildman–Crippen LogP) is 2.42. The molecule has 110 valence electrons. The van der Waals surface area contributed by atoms with Crippen molar-refractivity contribution in [1.29, 1.82) is 0 Å². The Balaban J connectivity index is 1.97. The Morgan fingerprint density at radius 1 is 0.952 bits per heavy atom. The normalized spacial score (nSPS) is 11.3. The van der Waals surface area contributed by atoms with Gasteiger partial charge in [-0.1, -0.05) is 18.2 Å². The highest BCUT2D eigenvalue weighted by Crippen LogP contribution is 2.17. The van der Waals surface area contributed by atoms with Crippen molar-refractivity contribution in [3.05, 3.63) is 54.6 Å².